The SMILES string of the molecule is O=S(=O)(C1CC1)N1CC(n2cc(-c3ccnc4[nH]ccc34)cn2)C1. The molecule has 0 unspecified atom stereocenters. The molecule has 1 N–H and O–H groups in total. The van der Waals surface area contributed by atoms with E-state index < -0.39 is 10.0 Å². The molecule has 3 aromatic heterocycles. The Kier molecular flexibility index (Phi) is 2.90. The quantitative estimate of drug-likeness (QED) is 0.782. The summed E-state index contributed by atoms with van der Waals surface area (Å²) in [5, 5.41) is 5.37. The molecule has 124 valence electrons. The van der Waals surface area contributed by atoms with Gasteiger partial charge in [0.1, 0.15) is 5.65 Å². The molecule has 8 heteroatoms. The number of hydrogen-bond acceptors (Lipinski definition) is 4. The predicted octanol–water partition coefficient (Wildman–Crippen LogP) is 1.78. The van der Waals surface area contributed by atoms with Crippen LogP contribution in [0.15, 0.2) is 36.9 Å². The molecule has 0 amide bonds. The lowest BCUT2D eigenvalue weighted by atomic mass is 10.1. The lowest BCUT2D eigenvalue weighted by Crippen LogP contribution is -2.51. The van der Waals surface area contributed by atoms with E-state index in [2.05, 4.69) is 15.1 Å². The molecule has 1 saturated carbocycles. The van der Waals surface area contributed by atoms with Crippen LogP contribution in [-0.2, 0) is 10.0 Å². The van der Waals surface area contributed by atoms with Gasteiger partial charge in [-0.25, -0.2) is 13.4 Å². The number of fused-ring (bicyclic) bond motifs is 1. The van der Waals surface area contributed by atoms with Crippen molar-refractivity contribution in [3.8, 4) is 11.1 Å². The second-order valence-corrected chi connectivity index (χ2v) is 8.74. The van der Waals surface area contributed by atoms with Crippen LogP contribution >= 0.6 is 0 Å². The van der Waals surface area contributed by atoms with Gasteiger partial charge in [-0.15, -0.1) is 0 Å². The molecule has 2 fully saturated rings. The minimum atomic E-state index is -3.06. The summed E-state index contributed by atoms with van der Waals surface area (Å²) in [6.45, 7) is 1.05. The molecule has 5 rings (SSSR count). The summed E-state index contributed by atoms with van der Waals surface area (Å²) in [6.07, 6.45) is 9.10. The summed E-state index contributed by atoms with van der Waals surface area (Å²) in [5.74, 6) is 0. The van der Waals surface area contributed by atoms with Crippen LogP contribution in [0.2, 0.25) is 0 Å². The molecule has 0 spiro atoms. The Morgan fingerprint density at radius 2 is 2.04 bits per heavy atom. The lowest BCUT2D eigenvalue weighted by molar-refractivity contribution is 0.191. The van der Waals surface area contributed by atoms with Crippen LogP contribution in [0.4, 0.5) is 0 Å². The Labute approximate surface area is 139 Å². The standard InChI is InChI=1S/C16H17N5O2S/c22-24(23,13-1-2-13)20-9-12(10-20)21-8-11(7-19-21)14-3-5-17-16-15(14)4-6-18-16/h3-8,12-13H,1-2,9-10H2,(H,17,18). The molecule has 2 aliphatic rings. The number of aromatic amines is 1. The lowest BCUT2D eigenvalue weighted by Gasteiger charge is -2.38. The monoisotopic (exact) mass is 343 g/mol. The van der Waals surface area contributed by atoms with E-state index in [0.29, 0.717) is 13.1 Å². The Bertz CT molecular complexity index is 1010. The summed E-state index contributed by atoms with van der Waals surface area (Å²) < 4.78 is 27.8. The third-order valence-electron chi connectivity index (χ3n) is 4.88. The Balaban J connectivity index is 1.38. The molecule has 0 radical (unpaired) electrons. The van der Waals surface area contributed by atoms with Gasteiger partial charge in [0.15, 0.2) is 0 Å². The normalized spacial score (nSPS) is 19.7. The van der Waals surface area contributed by atoms with Crippen molar-refractivity contribution in [1.82, 2.24) is 24.1 Å². The molecule has 1 aliphatic heterocycles. The number of aromatic nitrogens is 4. The number of hydrogen-bond donors (Lipinski definition) is 1. The van der Waals surface area contributed by atoms with Crippen molar-refractivity contribution in [1.29, 1.82) is 0 Å². The molecule has 0 aromatic carbocycles. The van der Waals surface area contributed by atoms with E-state index in [0.717, 1.165) is 35.0 Å². The van der Waals surface area contributed by atoms with Crippen LogP contribution in [0.3, 0.4) is 0 Å². The van der Waals surface area contributed by atoms with Crippen LogP contribution in [-0.4, -0.2) is 50.8 Å². The first kappa shape index (κ1) is 14.2. The summed E-state index contributed by atoms with van der Waals surface area (Å²) in [6, 6.07) is 4.10. The topological polar surface area (TPSA) is 83.9 Å². The summed E-state index contributed by atoms with van der Waals surface area (Å²) in [4.78, 5) is 7.41. The average Bonchev–Trinajstić information content (AvgIpc) is 3.10. The third-order valence-corrected chi connectivity index (χ3v) is 7.21. The highest BCUT2D eigenvalue weighted by Crippen LogP contribution is 2.36. The fourth-order valence-electron chi connectivity index (χ4n) is 3.26. The number of sulfonamides is 1. The van der Waals surface area contributed by atoms with E-state index in [9.17, 15) is 8.42 Å². The van der Waals surface area contributed by atoms with Crippen LogP contribution in [0.1, 0.15) is 18.9 Å². The first-order valence-corrected chi connectivity index (χ1v) is 9.59. The first-order chi connectivity index (χ1) is 11.6. The van der Waals surface area contributed by atoms with Gasteiger partial charge in [-0.05, 0) is 30.5 Å². The highest BCUT2D eigenvalue weighted by molar-refractivity contribution is 7.90. The van der Waals surface area contributed by atoms with Gasteiger partial charge in [0.25, 0.3) is 0 Å². The average molecular weight is 343 g/mol. The molecule has 24 heavy (non-hydrogen) atoms. The van der Waals surface area contributed by atoms with Crippen LogP contribution in [0, 0.1) is 0 Å². The molecule has 1 saturated heterocycles. The minimum absolute atomic E-state index is 0.121. The molecular weight excluding hydrogens is 326 g/mol. The van der Waals surface area contributed by atoms with Gasteiger partial charge >= 0.3 is 0 Å². The molecule has 0 bridgehead atoms. The van der Waals surface area contributed by atoms with Crippen molar-refractivity contribution in [2.75, 3.05) is 13.1 Å². The van der Waals surface area contributed by atoms with Crippen LogP contribution in [0.5, 0.6) is 0 Å². The fraction of sp³-hybridized carbons (Fsp3) is 0.375. The third kappa shape index (κ3) is 2.10. The number of nitrogens with zero attached hydrogens (tertiary/aromatic N) is 4. The predicted molar refractivity (Wildman–Crippen MR) is 89.9 cm³/mol. The second kappa shape index (κ2) is 4.90. The van der Waals surface area contributed by atoms with Crippen LogP contribution in [0.25, 0.3) is 22.2 Å². The molecule has 1 aliphatic carbocycles. The number of nitrogens with one attached hydrogen (secondary N) is 1. The molecule has 0 atom stereocenters. The van der Waals surface area contributed by atoms with Gasteiger partial charge in [0.2, 0.25) is 10.0 Å². The van der Waals surface area contributed by atoms with Crippen LogP contribution < -0.4 is 0 Å². The van der Waals surface area contributed by atoms with Crippen molar-refractivity contribution in [3.63, 3.8) is 0 Å². The van der Waals surface area contributed by atoms with Gasteiger partial charge in [-0.1, -0.05) is 0 Å². The number of pyridine rings is 1. The van der Waals surface area contributed by atoms with E-state index in [-0.39, 0.29) is 11.3 Å². The number of rotatable bonds is 4. The zero-order chi connectivity index (χ0) is 16.3. The maximum absolute atomic E-state index is 12.2. The van der Waals surface area contributed by atoms with Gasteiger partial charge in [0, 0.05) is 42.6 Å². The van der Waals surface area contributed by atoms with Crippen molar-refractivity contribution in [2.24, 2.45) is 0 Å². The second-order valence-electron chi connectivity index (χ2n) is 6.52. The van der Waals surface area contributed by atoms with Gasteiger partial charge < -0.3 is 4.98 Å². The van der Waals surface area contributed by atoms with E-state index in [1.165, 1.54) is 0 Å². The summed E-state index contributed by atoms with van der Waals surface area (Å²) in [5.41, 5.74) is 2.95. The highest BCUT2D eigenvalue weighted by Gasteiger charge is 2.45. The molecular formula is C16H17N5O2S. The zero-order valence-corrected chi connectivity index (χ0v) is 13.8. The summed E-state index contributed by atoms with van der Waals surface area (Å²) >= 11 is 0. The van der Waals surface area contributed by atoms with E-state index >= 15 is 0 Å². The maximum atomic E-state index is 12.2. The van der Waals surface area contributed by atoms with Crippen molar-refractivity contribution < 1.29 is 8.42 Å². The van der Waals surface area contributed by atoms with Crippen molar-refractivity contribution in [2.45, 2.75) is 24.1 Å². The van der Waals surface area contributed by atoms with E-state index in [4.69, 9.17) is 0 Å². The van der Waals surface area contributed by atoms with E-state index in [1.807, 2.05) is 35.4 Å². The minimum Gasteiger partial charge on any atom is -0.346 e. The van der Waals surface area contributed by atoms with Crippen molar-refractivity contribution >= 4 is 21.1 Å². The fourth-order valence-corrected chi connectivity index (χ4v) is 5.17. The Morgan fingerprint density at radius 1 is 1.21 bits per heavy atom. The van der Waals surface area contributed by atoms with Crippen molar-refractivity contribution in [3.05, 3.63) is 36.9 Å². The molecule has 4 heterocycles. The first-order valence-electron chi connectivity index (χ1n) is 8.08. The molecule has 3 aromatic rings. The van der Waals surface area contributed by atoms with Gasteiger partial charge in [-0.2, -0.15) is 9.40 Å². The van der Waals surface area contributed by atoms with E-state index in [1.54, 1.807) is 10.5 Å². The zero-order valence-electron chi connectivity index (χ0n) is 13.0. The Morgan fingerprint density at radius 3 is 2.83 bits per heavy atom. The molecule has 7 nitrogen and oxygen atoms in total. The highest BCUT2D eigenvalue weighted by atomic mass is 32.2. The van der Waals surface area contributed by atoms with Gasteiger partial charge in [-0.3, -0.25) is 4.68 Å². The largest absolute Gasteiger partial charge is 0.346 e. The Hall–Kier alpha value is -2.19. The summed E-state index contributed by atoms with van der Waals surface area (Å²) in [7, 11) is -3.06. The van der Waals surface area contributed by atoms with Gasteiger partial charge in [0.05, 0.1) is 17.5 Å². The number of H-pyrrole nitrogens is 1. The maximum Gasteiger partial charge on any atom is 0.217 e. The smallest absolute Gasteiger partial charge is 0.217 e.